The lowest BCUT2D eigenvalue weighted by Crippen LogP contribution is -2.09. The van der Waals surface area contributed by atoms with Crippen molar-refractivity contribution < 1.29 is 9.84 Å². The SMILES string of the molecule is C=C([O-])COCCCC. The fraction of sp³-hybridized carbons (Fsp3) is 0.714. The molecule has 0 radical (unpaired) electrons. The lowest BCUT2D eigenvalue weighted by atomic mass is 10.4. The zero-order valence-corrected chi connectivity index (χ0v) is 5.85. The van der Waals surface area contributed by atoms with Crippen molar-refractivity contribution in [1.82, 2.24) is 0 Å². The fourth-order valence-electron chi connectivity index (χ4n) is 0.432. The van der Waals surface area contributed by atoms with E-state index in [0.29, 0.717) is 6.61 Å². The van der Waals surface area contributed by atoms with E-state index in [0.717, 1.165) is 12.8 Å². The highest BCUT2D eigenvalue weighted by Crippen LogP contribution is 1.88. The van der Waals surface area contributed by atoms with E-state index in [1.165, 1.54) is 0 Å². The summed E-state index contributed by atoms with van der Waals surface area (Å²) in [6, 6.07) is 0. The second kappa shape index (κ2) is 5.63. The number of ether oxygens (including phenoxy) is 1. The summed E-state index contributed by atoms with van der Waals surface area (Å²) in [6.45, 7) is 6.10. The van der Waals surface area contributed by atoms with E-state index >= 15 is 0 Å². The molecule has 0 aromatic rings. The minimum Gasteiger partial charge on any atom is -0.874 e. The van der Waals surface area contributed by atoms with Crippen LogP contribution in [-0.4, -0.2) is 13.2 Å². The van der Waals surface area contributed by atoms with E-state index in [4.69, 9.17) is 4.74 Å². The van der Waals surface area contributed by atoms with E-state index in [2.05, 4.69) is 13.5 Å². The Morgan fingerprint density at radius 2 is 2.33 bits per heavy atom. The van der Waals surface area contributed by atoms with Gasteiger partial charge in [-0.1, -0.05) is 13.3 Å². The zero-order chi connectivity index (χ0) is 7.11. The molecule has 0 N–H and O–H groups in total. The van der Waals surface area contributed by atoms with Crippen molar-refractivity contribution in [3.05, 3.63) is 12.3 Å². The molecule has 0 saturated heterocycles. The Balaban J connectivity index is 2.83. The van der Waals surface area contributed by atoms with Gasteiger partial charge in [0, 0.05) is 6.61 Å². The maximum atomic E-state index is 10.2. The highest BCUT2D eigenvalue weighted by molar-refractivity contribution is 4.74. The lowest BCUT2D eigenvalue weighted by Gasteiger charge is -2.08. The summed E-state index contributed by atoms with van der Waals surface area (Å²) >= 11 is 0. The van der Waals surface area contributed by atoms with E-state index in [1.807, 2.05) is 0 Å². The average Bonchev–Trinajstić information content (AvgIpc) is 1.80. The molecule has 0 atom stereocenters. The molecule has 0 aliphatic rings. The van der Waals surface area contributed by atoms with Crippen molar-refractivity contribution >= 4 is 0 Å². The smallest absolute Gasteiger partial charge is 0.0571 e. The molecule has 0 amide bonds. The van der Waals surface area contributed by atoms with Crippen LogP contribution in [0.15, 0.2) is 12.3 Å². The van der Waals surface area contributed by atoms with Gasteiger partial charge in [-0.05, 0) is 6.42 Å². The molecular weight excluding hydrogens is 116 g/mol. The van der Waals surface area contributed by atoms with Crippen LogP contribution in [0, 0.1) is 0 Å². The topological polar surface area (TPSA) is 32.3 Å². The fourth-order valence-corrected chi connectivity index (χ4v) is 0.432. The molecule has 0 bridgehead atoms. The van der Waals surface area contributed by atoms with Crippen LogP contribution >= 0.6 is 0 Å². The Labute approximate surface area is 56.1 Å². The quantitative estimate of drug-likeness (QED) is 0.404. The van der Waals surface area contributed by atoms with Crippen LogP contribution in [0.3, 0.4) is 0 Å². The second-order valence-electron chi connectivity index (χ2n) is 1.94. The van der Waals surface area contributed by atoms with E-state index in [-0.39, 0.29) is 12.4 Å². The summed E-state index contributed by atoms with van der Waals surface area (Å²) in [5, 5.41) is 10.2. The molecule has 0 aromatic heterocycles. The van der Waals surface area contributed by atoms with Crippen molar-refractivity contribution in [3.8, 4) is 0 Å². The van der Waals surface area contributed by atoms with E-state index < -0.39 is 0 Å². The van der Waals surface area contributed by atoms with Crippen molar-refractivity contribution in [3.63, 3.8) is 0 Å². The van der Waals surface area contributed by atoms with Crippen molar-refractivity contribution in [1.29, 1.82) is 0 Å². The summed E-state index contributed by atoms with van der Waals surface area (Å²) < 4.78 is 4.92. The van der Waals surface area contributed by atoms with Gasteiger partial charge < -0.3 is 9.84 Å². The van der Waals surface area contributed by atoms with Gasteiger partial charge in [0.05, 0.1) is 6.61 Å². The van der Waals surface area contributed by atoms with Gasteiger partial charge in [0.1, 0.15) is 0 Å². The summed E-state index contributed by atoms with van der Waals surface area (Å²) in [7, 11) is 0. The molecule has 0 rings (SSSR count). The first-order valence-corrected chi connectivity index (χ1v) is 3.20. The van der Waals surface area contributed by atoms with Crippen LogP contribution in [-0.2, 0) is 4.74 Å². The van der Waals surface area contributed by atoms with Gasteiger partial charge in [-0.2, -0.15) is 0 Å². The molecule has 0 aliphatic carbocycles. The molecule has 2 nitrogen and oxygen atoms in total. The summed E-state index contributed by atoms with van der Waals surface area (Å²) in [5.74, 6) is -0.147. The molecule has 0 heterocycles. The van der Waals surface area contributed by atoms with Gasteiger partial charge in [-0.15, -0.1) is 12.3 Å². The first-order valence-electron chi connectivity index (χ1n) is 3.20. The first-order chi connectivity index (χ1) is 4.27. The summed E-state index contributed by atoms with van der Waals surface area (Å²) in [4.78, 5) is 0. The number of hydrogen-bond acceptors (Lipinski definition) is 2. The molecule has 0 fully saturated rings. The number of hydrogen-bond donors (Lipinski definition) is 0. The average molecular weight is 129 g/mol. The third kappa shape index (κ3) is 7.50. The maximum Gasteiger partial charge on any atom is 0.0571 e. The molecule has 0 spiro atoms. The van der Waals surface area contributed by atoms with Gasteiger partial charge in [0.15, 0.2) is 0 Å². The molecule has 0 aliphatic heterocycles. The Kier molecular flexibility index (Phi) is 5.32. The van der Waals surface area contributed by atoms with Gasteiger partial charge in [-0.3, -0.25) is 0 Å². The third-order valence-electron chi connectivity index (χ3n) is 0.905. The monoisotopic (exact) mass is 129 g/mol. The Morgan fingerprint density at radius 1 is 1.67 bits per heavy atom. The van der Waals surface area contributed by atoms with Crippen molar-refractivity contribution in [2.24, 2.45) is 0 Å². The minimum atomic E-state index is -0.147. The Hall–Kier alpha value is -0.500. The summed E-state index contributed by atoms with van der Waals surface area (Å²) in [5.41, 5.74) is 0. The predicted molar refractivity (Wildman–Crippen MR) is 34.9 cm³/mol. The molecule has 0 saturated carbocycles. The highest BCUT2D eigenvalue weighted by atomic mass is 16.5. The van der Waals surface area contributed by atoms with Crippen molar-refractivity contribution in [2.75, 3.05) is 13.2 Å². The second-order valence-corrected chi connectivity index (χ2v) is 1.94. The molecule has 54 valence electrons. The van der Waals surface area contributed by atoms with Gasteiger partial charge in [0.25, 0.3) is 0 Å². The van der Waals surface area contributed by atoms with Gasteiger partial charge >= 0.3 is 0 Å². The standard InChI is InChI=1S/C7H14O2/c1-3-4-5-9-6-7(2)8/h8H,2-6H2,1H3/p-1. The van der Waals surface area contributed by atoms with Crippen LogP contribution in [0.2, 0.25) is 0 Å². The third-order valence-corrected chi connectivity index (χ3v) is 0.905. The van der Waals surface area contributed by atoms with Crippen LogP contribution < -0.4 is 5.11 Å². The molecule has 0 aromatic carbocycles. The van der Waals surface area contributed by atoms with Gasteiger partial charge in [0.2, 0.25) is 0 Å². The van der Waals surface area contributed by atoms with Crippen LogP contribution in [0.4, 0.5) is 0 Å². The Bertz CT molecular complexity index is 79.0. The van der Waals surface area contributed by atoms with Crippen LogP contribution in [0.25, 0.3) is 0 Å². The molecule has 0 unspecified atom stereocenters. The predicted octanol–water partition coefficient (Wildman–Crippen LogP) is 0.677. The number of unbranched alkanes of at least 4 members (excludes halogenated alkanes) is 1. The lowest BCUT2D eigenvalue weighted by molar-refractivity contribution is -0.311. The Morgan fingerprint density at radius 3 is 2.78 bits per heavy atom. The minimum absolute atomic E-state index is 0.147. The molecular formula is C7H13O2-. The first kappa shape index (κ1) is 8.50. The van der Waals surface area contributed by atoms with Crippen molar-refractivity contribution in [2.45, 2.75) is 19.8 Å². The summed E-state index contributed by atoms with van der Waals surface area (Å²) in [6.07, 6.45) is 2.12. The van der Waals surface area contributed by atoms with Crippen LogP contribution in [0.5, 0.6) is 0 Å². The normalized spacial score (nSPS) is 9.44. The van der Waals surface area contributed by atoms with Crippen LogP contribution in [0.1, 0.15) is 19.8 Å². The molecule has 2 heteroatoms. The van der Waals surface area contributed by atoms with Gasteiger partial charge in [-0.25, -0.2) is 0 Å². The zero-order valence-electron chi connectivity index (χ0n) is 5.85. The molecule has 9 heavy (non-hydrogen) atoms. The van der Waals surface area contributed by atoms with E-state index in [1.54, 1.807) is 0 Å². The highest BCUT2D eigenvalue weighted by Gasteiger charge is 1.82. The maximum absolute atomic E-state index is 10.2. The van der Waals surface area contributed by atoms with E-state index in [9.17, 15) is 5.11 Å². The largest absolute Gasteiger partial charge is 0.874 e. The number of rotatable bonds is 5.